The van der Waals surface area contributed by atoms with Gasteiger partial charge in [0.05, 0.1) is 6.10 Å². The van der Waals surface area contributed by atoms with Crippen LogP contribution in [0.4, 0.5) is 0 Å². The molecule has 0 spiro atoms. The Morgan fingerprint density at radius 1 is 0.969 bits per heavy atom. The fraction of sp³-hybridized carbons (Fsp3) is 0.900. The molecule has 2 heteroatoms. The molecule has 0 heterocycles. The third-order valence-corrected chi connectivity index (χ3v) is 12.7. The lowest BCUT2D eigenvalue weighted by Crippen LogP contribution is -2.62. The number of aliphatic hydroxyl groups is 1. The van der Waals surface area contributed by atoms with Crippen LogP contribution in [-0.4, -0.2) is 17.0 Å². The van der Waals surface area contributed by atoms with E-state index in [0.717, 1.165) is 43.1 Å². The second-order valence-electron chi connectivity index (χ2n) is 13.8. The second kappa shape index (κ2) is 7.96. The van der Waals surface area contributed by atoms with Crippen molar-refractivity contribution in [1.29, 1.82) is 0 Å². The molecule has 0 aliphatic heterocycles. The van der Waals surface area contributed by atoms with Crippen LogP contribution in [0.2, 0.25) is 0 Å². The second-order valence-corrected chi connectivity index (χ2v) is 13.8. The molecule has 182 valence electrons. The van der Waals surface area contributed by atoms with Crippen LogP contribution in [-0.2, 0) is 4.79 Å². The van der Waals surface area contributed by atoms with Crippen molar-refractivity contribution in [3.05, 3.63) is 12.2 Å². The lowest BCUT2D eigenvalue weighted by atomic mass is 9.35. The average molecular weight is 443 g/mol. The number of ketones is 1. The van der Waals surface area contributed by atoms with Gasteiger partial charge in [0, 0.05) is 12.3 Å². The van der Waals surface area contributed by atoms with Crippen LogP contribution >= 0.6 is 0 Å². The molecule has 0 aromatic rings. The van der Waals surface area contributed by atoms with E-state index < -0.39 is 0 Å². The van der Waals surface area contributed by atoms with Crippen molar-refractivity contribution < 1.29 is 9.90 Å². The summed E-state index contributed by atoms with van der Waals surface area (Å²) < 4.78 is 0. The Kier molecular flexibility index (Phi) is 6.09. The van der Waals surface area contributed by atoms with Crippen molar-refractivity contribution in [3.63, 3.8) is 0 Å². The maximum Gasteiger partial charge on any atom is 0.136 e. The van der Waals surface area contributed by atoms with Crippen LogP contribution in [0.25, 0.3) is 0 Å². The first-order valence-corrected chi connectivity index (χ1v) is 13.7. The normalized spacial score (nSPS) is 50.2. The summed E-state index contributed by atoms with van der Waals surface area (Å²) in [6, 6.07) is 0. The summed E-state index contributed by atoms with van der Waals surface area (Å²) in [5.41, 5.74) is 2.28. The van der Waals surface area contributed by atoms with Crippen LogP contribution in [0.5, 0.6) is 0 Å². The van der Waals surface area contributed by atoms with E-state index in [0.29, 0.717) is 33.9 Å². The lowest BCUT2D eigenvalue weighted by molar-refractivity contribution is -0.202. The highest BCUT2D eigenvalue weighted by atomic mass is 16.3. The predicted octanol–water partition coefficient (Wildman–Crippen LogP) is 7.59. The summed E-state index contributed by atoms with van der Waals surface area (Å²) in [4.78, 5) is 12.7. The van der Waals surface area contributed by atoms with Crippen molar-refractivity contribution >= 4 is 5.78 Å². The molecular weight excluding hydrogens is 392 g/mol. The third kappa shape index (κ3) is 3.24. The summed E-state index contributed by atoms with van der Waals surface area (Å²) in [5.74, 6) is 3.65. The average Bonchev–Trinajstić information content (AvgIpc) is 3.00. The lowest BCUT2D eigenvalue weighted by Gasteiger charge is -2.69. The zero-order valence-electron chi connectivity index (χ0n) is 22.1. The van der Waals surface area contributed by atoms with Crippen LogP contribution in [0.3, 0.4) is 0 Å². The largest absolute Gasteiger partial charge is 0.389 e. The van der Waals surface area contributed by atoms with E-state index in [1.165, 1.54) is 38.5 Å². The summed E-state index contributed by atoms with van der Waals surface area (Å²) >= 11 is 0. The zero-order valence-corrected chi connectivity index (χ0v) is 22.1. The van der Waals surface area contributed by atoms with E-state index >= 15 is 0 Å². The molecular formula is C30H50O2. The van der Waals surface area contributed by atoms with Gasteiger partial charge in [-0.1, -0.05) is 53.7 Å². The van der Waals surface area contributed by atoms with E-state index in [2.05, 4.69) is 48.1 Å². The van der Waals surface area contributed by atoms with Crippen LogP contribution in [0.15, 0.2) is 12.2 Å². The van der Waals surface area contributed by atoms with E-state index in [-0.39, 0.29) is 17.4 Å². The van der Waals surface area contributed by atoms with Gasteiger partial charge in [0.1, 0.15) is 5.78 Å². The van der Waals surface area contributed by atoms with Crippen molar-refractivity contribution in [3.8, 4) is 0 Å². The van der Waals surface area contributed by atoms with Gasteiger partial charge in [-0.05, 0) is 110 Å². The number of rotatable bonds is 5. The van der Waals surface area contributed by atoms with Gasteiger partial charge in [0.15, 0.2) is 0 Å². The number of aliphatic hydroxyl groups excluding tert-OH is 1. The maximum atomic E-state index is 12.7. The molecule has 0 aromatic carbocycles. The first kappa shape index (κ1) is 24.5. The highest BCUT2D eigenvalue weighted by molar-refractivity contribution is 5.82. The number of carbonyl (C=O) groups excluding carboxylic acids is 1. The summed E-state index contributed by atoms with van der Waals surface area (Å²) in [6.45, 7) is 21.0. The van der Waals surface area contributed by atoms with Gasteiger partial charge < -0.3 is 5.11 Å². The molecule has 0 saturated heterocycles. The predicted molar refractivity (Wildman–Crippen MR) is 133 cm³/mol. The van der Waals surface area contributed by atoms with Gasteiger partial charge in [-0.2, -0.15) is 0 Å². The topological polar surface area (TPSA) is 37.3 Å². The molecule has 32 heavy (non-hydrogen) atoms. The Hall–Kier alpha value is -0.630. The molecule has 2 nitrogen and oxygen atoms in total. The highest BCUT2D eigenvalue weighted by Crippen LogP contribution is 2.76. The van der Waals surface area contributed by atoms with Gasteiger partial charge in [-0.3, -0.25) is 4.79 Å². The van der Waals surface area contributed by atoms with Gasteiger partial charge in [-0.25, -0.2) is 0 Å². The fourth-order valence-electron chi connectivity index (χ4n) is 10.2. The number of hydrogen-bond donors (Lipinski definition) is 1. The van der Waals surface area contributed by atoms with Crippen molar-refractivity contribution in [2.24, 2.45) is 51.2 Å². The monoisotopic (exact) mass is 442 g/mol. The van der Waals surface area contributed by atoms with E-state index in [9.17, 15) is 9.90 Å². The minimum absolute atomic E-state index is 0.203. The SMILES string of the molecule is C=C(C)[C@H](O)CC[C@@H](C)[C@H]1CC[C@@]2(C)[C@@H]3CC[C@@]4(C)[C@H](CCC(=O)[C@@H]4C)[C@]3(C)CC[C@]12C. The first-order valence-electron chi connectivity index (χ1n) is 13.7. The minimum Gasteiger partial charge on any atom is -0.389 e. The summed E-state index contributed by atoms with van der Waals surface area (Å²) in [5, 5.41) is 10.3. The Balaban J connectivity index is 1.58. The van der Waals surface area contributed by atoms with Gasteiger partial charge in [-0.15, -0.1) is 0 Å². The molecule has 4 rings (SSSR count). The molecule has 0 bridgehead atoms. The van der Waals surface area contributed by atoms with Crippen molar-refractivity contribution in [2.45, 2.75) is 119 Å². The number of carbonyl (C=O) groups is 1. The van der Waals surface area contributed by atoms with Crippen LogP contribution in [0, 0.1) is 51.2 Å². The highest BCUT2D eigenvalue weighted by Gasteiger charge is 2.69. The molecule has 4 aliphatic rings. The van der Waals surface area contributed by atoms with E-state index in [1.54, 1.807) is 0 Å². The summed E-state index contributed by atoms with van der Waals surface area (Å²) in [6.07, 6.45) is 11.5. The quantitative estimate of drug-likeness (QED) is 0.445. The number of hydrogen-bond acceptors (Lipinski definition) is 2. The molecule has 10 atom stereocenters. The van der Waals surface area contributed by atoms with E-state index in [4.69, 9.17) is 0 Å². The molecule has 0 unspecified atom stereocenters. The molecule has 4 aliphatic carbocycles. The molecule has 0 aromatic heterocycles. The molecule has 0 amide bonds. The summed E-state index contributed by atoms with van der Waals surface area (Å²) in [7, 11) is 0. The number of fused-ring (bicyclic) bond motifs is 5. The molecule has 0 radical (unpaired) electrons. The third-order valence-electron chi connectivity index (χ3n) is 12.7. The Morgan fingerprint density at radius 2 is 1.66 bits per heavy atom. The first-order chi connectivity index (χ1) is 14.8. The maximum absolute atomic E-state index is 12.7. The fourth-order valence-corrected chi connectivity index (χ4v) is 10.2. The van der Waals surface area contributed by atoms with Crippen LogP contribution in [0.1, 0.15) is 113 Å². The van der Waals surface area contributed by atoms with Gasteiger partial charge >= 0.3 is 0 Å². The van der Waals surface area contributed by atoms with Crippen molar-refractivity contribution in [2.75, 3.05) is 0 Å². The smallest absolute Gasteiger partial charge is 0.136 e. The molecule has 4 saturated carbocycles. The Morgan fingerprint density at radius 3 is 2.31 bits per heavy atom. The van der Waals surface area contributed by atoms with Gasteiger partial charge in [0.2, 0.25) is 0 Å². The van der Waals surface area contributed by atoms with E-state index in [1.807, 2.05) is 6.92 Å². The zero-order chi connectivity index (χ0) is 23.7. The minimum atomic E-state index is -0.347. The standard InChI is InChI=1S/C30H50O2/c1-19(2)23(31)10-9-20(3)22-13-16-30(8)26-14-15-27(5)21(4)24(32)11-12-25(27)28(26,6)17-18-29(22,30)7/h20-23,25-26,31H,1,9-18H2,2-8H3/t20-,21+,22-,23-,25+,26-,27-,28+,29-,30+/m1/s1. The molecule has 1 N–H and O–H groups in total. The Bertz CT molecular complexity index is 771. The van der Waals surface area contributed by atoms with Gasteiger partial charge in [0.25, 0.3) is 0 Å². The van der Waals surface area contributed by atoms with Crippen LogP contribution < -0.4 is 0 Å². The Labute approximate surface area is 198 Å². The number of Topliss-reactive ketones (excluding diaryl/α,β-unsaturated/α-hetero) is 1. The van der Waals surface area contributed by atoms with Crippen molar-refractivity contribution in [1.82, 2.24) is 0 Å². The molecule has 4 fully saturated rings.